The summed E-state index contributed by atoms with van der Waals surface area (Å²) < 4.78 is 0. The number of rotatable bonds is 2. The quantitative estimate of drug-likeness (QED) is 0.748. The van der Waals surface area contributed by atoms with Gasteiger partial charge in [0.2, 0.25) is 0 Å². The van der Waals surface area contributed by atoms with Crippen molar-refractivity contribution in [3.63, 3.8) is 0 Å². The van der Waals surface area contributed by atoms with Crippen LogP contribution in [0.4, 0.5) is 11.4 Å². The van der Waals surface area contributed by atoms with Crippen molar-refractivity contribution in [3.8, 4) is 0 Å². The van der Waals surface area contributed by atoms with E-state index in [0.717, 1.165) is 31.6 Å². The number of nitrogen functional groups attached to an aromatic ring is 1. The van der Waals surface area contributed by atoms with Gasteiger partial charge in [-0.1, -0.05) is 0 Å². The number of carboxylic acids is 1. The van der Waals surface area contributed by atoms with Gasteiger partial charge in [-0.25, -0.2) is 4.79 Å². The smallest absolute Gasteiger partial charge is 0.335 e. The molecule has 86 valence electrons. The summed E-state index contributed by atoms with van der Waals surface area (Å²) >= 11 is 0. The lowest BCUT2D eigenvalue weighted by molar-refractivity contribution is 0.0697. The van der Waals surface area contributed by atoms with Gasteiger partial charge in [-0.15, -0.1) is 0 Å². The SMILES string of the molecule is Nc1ccc(C(=O)O)cc1N1CCCCC1. The van der Waals surface area contributed by atoms with Crippen molar-refractivity contribution in [1.82, 2.24) is 0 Å². The number of nitrogens with zero attached hydrogens (tertiary/aromatic N) is 1. The van der Waals surface area contributed by atoms with Crippen LogP contribution in [0.1, 0.15) is 29.6 Å². The number of hydrogen-bond donors (Lipinski definition) is 2. The fourth-order valence-electron chi connectivity index (χ4n) is 2.09. The molecule has 0 spiro atoms. The molecule has 2 rings (SSSR count). The number of hydrogen-bond acceptors (Lipinski definition) is 3. The molecule has 1 aromatic rings. The minimum atomic E-state index is -0.904. The molecule has 3 N–H and O–H groups in total. The van der Waals surface area contributed by atoms with Gasteiger partial charge in [0.05, 0.1) is 16.9 Å². The lowest BCUT2D eigenvalue weighted by Gasteiger charge is -2.30. The number of aromatic carboxylic acids is 1. The molecule has 0 saturated carbocycles. The van der Waals surface area contributed by atoms with Crippen molar-refractivity contribution >= 4 is 17.3 Å². The molecule has 0 atom stereocenters. The van der Waals surface area contributed by atoms with E-state index in [1.165, 1.54) is 6.42 Å². The number of nitrogens with two attached hydrogens (primary N) is 1. The summed E-state index contributed by atoms with van der Waals surface area (Å²) in [6, 6.07) is 4.89. The summed E-state index contributed by atoms with van der Waals surface area (Å²) in [5.41, 5.74) is 7.71. The highest BCUT2D eigenvalue weighted by atomic mass is 16.4. The van der Waals surface area contributed by atoms with Crippen LogP contribution in [0.25, 0.3) is 0 Å². The van der Waals surface area contributed by atoms with Crippen LogP contribution < -0.4 is 10.6 Å². The van der Waals surface area contributed by atoms with Gasteiger partial charge < -0.3 is 15.7 Å². The van der Waals surface area contributed by atoms with Crippen LogP contribution in [-0.4, -0.2) is 24.2 Å². The van der Waals surface area contributed by atoms with E-state index in [4.69, 9.17) is 10.8 Å². The zero-order valence-electron chi connectivity index (χ0n) is 9.15. The second-order valence-corrected chi connectivity index (χ2v) is 4.13. The normalized spacial score (nSPS) is 16.1. The van der Waals surface area contributed by atoms with E-state index in [9.17, 15) is 4.79 Å². The lowest BCUT2D eigenvalue weighted by Crippen LogP contribution is -2.30. The Kier molecular flexibility index (Phi) is 2.99. The third kappa shape index (κ3) is 2.10. The average Bonchev–Trinajstić information content (AvgIpc) is 2.30. The molecular weight excluding hydrogens is 204 g/mol. The molecule has 4 heteroatoms. The van der Waals surface area contributed by atoms with Crippen LogP contribution >= 0.6 is 0 Å². The molecular formula is C12H16N2O2. The molecule has 1 heterocycles. The Balaban J connectivity index is 2.30. The Morgan fingerprint density at radius 2 is 1.94 bits per heavy atom. The monoisotopic (exact) mass is 220 g/mol. The van der Waals surface area contributed by atoms with Crippen molar-refractivity contribution in [3.05, 3.63) is 23.8 Å². The predicted molar refractivity (Wildman–Crippen MR) is 63.9 cm³/mol. The van der Waals surface area contributed by atoms with E-state index in [1.807, 2.05) is 0 Å². The topological polar surface area (TPSA) is 66.6 Å². The molecule has 16 heavy (non-hydrogen) atoms. The molecule has 1 aliphatic heterocycles. The van der Waals surface area contributed by atoms with Gasteiger partial charge in [-0.05, 0) is 37.5 Å². The standard InChI is InChI=1S/C12H16N2O2/c13-10-5-4-9(12(15)16)8-11(10)14-6-2-1-3-7-14/h4-5,8H,1-3,6-7,13H2,(H,15,16). The molecule has 0 unspecified atom stereocenters. The predicted octanol–water partition coefficient (Wildman–Crippen LogP) is 1.96. The maximum atomic E-state index is 10.9. The molecule has 1 saturated heterocycles. The molecule has 0 bridgehead atoms. The maximum absolute atomic E-state index is 10.9. The zero-order chi connectivity index (χ0) is 11.5. The summed E-state index contributed by atoms with van der Waals surface area (Å²) in [4.78, 5) is 13.1. The van der Waals surface area contributed by atoms with Crippen molar-refractivity contribution in [2.45, 2.75) is 19.3 Å². The molecule has 0 amide bonds. The van der Waals surface area contributed by atoms with Crippen molar-refractivity contribution in [2.24, 2.45) is 0 Å². The van der Waals surface area contributed by atoms with Gasteiger partial charge in [-0.3, -0.25) is 0 Å². The first kappa shape index (κ1) is 10.8. The Morgan fingerprint density at radius 3 is 2.56 bits per heavy atom. The van der Waals surface area contributed by atoms with Crippen LogP contribution in [-0.2, 0) is 0 Å². The Morgan fingerprint density at radius 1 is 1.25 bits per heavy atom. The van der Waals surface area contributed by atoms with E-state index in [1.54, 1.807) is 18.2 Å². The van der Waals surface area contributed by atoms with Crippen LogP contribution in [0.2, 0.25) is 0 Å². The van der Waals surface area contributed by atoms with Crippen molar-refractivity contribution in [1.29, 1.82) is 0 Å². The second kappa shape index (κ2) is 4.43. The lowest BCUT2D eigenvalue weighted by atomic mass is 10.1. The van der Waals surface area contributed by atoms with Crippen molar-refractivity contribution < 1.29 is 9.90 Å². The third-order valence-corrected chi connectivity index (χ3v) is 2.97. The van der Waals surface area contributed by atoms with Gasteiger partial charge >= 0.3 is 5.97 Å². The van der Waals surface area contributed by atoms with E-state index < -0.39 is 5.97 Å². The minimum absolute atomic E-state index is 0.301. The van der Waals surface area contributed by atoms with Crippen LogP contribution in [0.5, 0.6) is 0 Å². The zero-order valence-corrected chi connectivity index (χ0v) is 9.15. The minimum Gasteiger partial charge on any atom is -0.478 e. The number of anilines is 2. The Hall–Kier alpha value is -1.71. The highest BCUT2D eigenvalue weighted by molar-refractivity contribution is 5.90. The second-order valence-electron chi connectivity index (χ2n) is 4.13. The van der Waals surface area contributed by atoms with Crippen molar-refractivity contribution in [2.75, 3.05) is 23.7 Å². The first-order chi connectivity index (χ1) is 7.68. The van der Waals surface area contributed by atoms with Crippen LogP contribution in [0, 0.1) is 0 Å². The maximum Gasteiger partial charge on any atom is 0.335 e. The molecule has 4 nitrogen and oxygen atoms in total. The highest BCUT2D eigenvalue weighted by Crippen LogP contribution is 2.27. The summed E-state index contributed by atoms with van der Waals surface area (Å²) in [5, 5.41) is 8.94. The molecule has 0 aromatic heterocycles. The van der Waals surface area contributed by atoms with Gasteiger partial charge in [0.1, 0.15) is 0 Å². The summed E-state index contributed by atoms with van der Waals surface area (Å²) in [6.45, 7) is 1.93. The summed E-state index contributed by atoms with van der Waals surface area (Å²) in [7, 11) is 0. The fourth-order valence-corrected chi connectivity index (χ4v) is 2.09. The first-order valence-electron chi connectivity index (χ1n) is 5.56. The molecule has 1 fully saturated rings. The number of benzene rings is 1. The van der Waals surface area contributed by atoms with E-state index in [0.29, 0.717) is 11.3 Å². The van der Waals surface area contributed by atoms with Gasteiger partial charge in [-0.2, -0.15) is 0 Å². The van der Waals surface area contributed by atoms with Crippen LogP contribution in [0.15, 0.2) is 18.2 Å². The molecule has 0 aliphatic carbocycles. The van der Waals surface area contributed by atoms with Gasteiger partial charge in [0, 0.05) is 13.1 Å². The largest absolute Gasteiger partial charge is 0.478 e. The fraction of sp³-hybridized carbons (Fsp3) is 0.417. The summed E-state index contributed by atoms with van der Waals surface area (Å²) in [6.07, 6.45) is 3.54. The number of carbonyl (C=O) groups is 1. The highest BCUT2D eigenvalue weighted by Gasteiger charge is 2.15. The van der Waals surface area contributed by atoms with Gasteiger partial charge in [0.25, 0.3) is 0 Å². The first-order valence-corrected chi connectivity index (χ1v) is 5.56. The Bertz CT molecular complexity index is 398. The van der Waals surface area contributed by atoms with E-state index in [2.05, 4.69) is 4.90 Å². The third-order valence-electron chi connectivity index (χ3n) is 2.97. The van der Waals surface area contributed by atoms with E-state index in [-0.39, 0.29) is 0 Å². The molecule has 1 aromatic carbocycles. The summed E-state index contributed by atoms with van der Waals surface area (Å²) in [5.74, 6) is -0.904. The number of piperidine rings is 1. The van der Waals surface area contributed by atoms with E-state index >= 15 is 0 Å². The molecule has 0 radical (unpaired) electrons. The average molecular weight is 220 g/mol. The van der Waals surface area contributed by atoms with Crippen LogP contribution in [0.3, 0.4) is 0 Å². The molecule has 1 aliphatic rings. The number of carboxylic acid groups (broad SMARTS) is 1. The Labute approximate surface area is 94.7 Å². The van der Waals surface area contributed by atoms with Gasteiger partial charge in [0.15, 0.2) is 0 Å².